The molecular formula is C25H22N2O2S. The minimum atomic E-state index is -0.360. The number of nitrogens with zero attached hydrogens (tertiary/aromatic N) is 1. The molecule has 0 bridgehead atoms. The zero-order valence-corrected chi connectivity index (χ0v) is 17.6. The Hall–Kier alpha value is -3.44. The number of hydrogen-bond acceptors (Lipinski definition) is 3. The molecule has 5 heteroatoms. The maximum absolute atomic E-state index is 13.4. The first-order valence-corrected chi connectivity index (χ1v) is 10.1. The van der Waals surface area contributed by atoms with Crippen molar-refractivity contribution in [1.82, 2.24) is 10.2 Å². The van der Waals surface area contributed by atoms with Crippen LogP contribution in [0.4, 0.5) is 0 Å². The lowest BCUT2D eigenvalue weighted by molar-refractivity contribution is 0.102. The molecule has 3 aromatic carbocycles. The van der Waals surface area contributed by atoms with E-state index in [2.05, 4.69) is 5.32 Å². The van der Waals surface area contributed by atoms with Gasteiger partial charge in [0.05, 0.1) is 6.04 Å². The summed E-state index contributed by atoms with van der Waals surface area (Å²) in [4.78, 5) is 15.3. The van der Waals surface area contributed by atoms with Crippen molar-refractivity contribution in [3.05, 3.63) is 107 Å². The zero-order valence-electron chi connectivity index (χ0n) is 16.8. The van der Waals surface area contributed by atoms with Crippen LogP contribution in [-0.2, 0) is 0 Å². The molecule has 1 N–H and O–H groups in total. The van der Waals surface area contributed by atoms with Gasteiger partial charge in [0.25, 0.3) is 0 Å². The van der Waals surface area contributed by atoms with Gasteiger partial charge in [0.2, 0.25) is 0 Å². The Morgan fingerprint density at radius 1 is 0.933 bits per heavy atom. The van der Waals surface area contributed by atoms with Crippen LogP contribution in [0.3, 0.4) is 0 Å². The summed E-state index contributed by atoms with van der Waals surface area (Å²) in [6, 6.07) is 26.3. The third-order valence-corrected chi connectivity index (χ3v) is 5.60. The van der Waals surface area contributed by atoms with Crippen LogP contribution in [-0.4, -0.2) is 22.8 Å². The summed E-state index contributed by atoms with van der Waals surface area (Å²) in [5, 5.41) is 3.91. The van der Waals surface area contributed by atoms with Crippen LogP contribution in [0.1, 0.15) is 28.9 Å². The molecule has 30 heavy (non-hydrogen) atoms. The lowest BCUT2D eigenvalue weighted by atomic mass is 9.89. The molecule has 0 amide bonds. The van der Waals surface area contributed by atoms with E-state index >= 15 is 0 Å². The number of carbonyl (C=O) groups is 1. The maximum Gasteiger partial charge on any atom is 0.193 e. The van der Waals surface area contributed by atoms with E-state index in [-0.39, 0.29) is 11.8 Å². The second-order valence-corrected chi connectivity index (χ2v) is 7.51. The van der Waals surface area contributed by atoms with Gasteiger partial charge in [-0.3, -0.25) is 4.79 Å². The molecule has 1 aliphatic heterocycles. The average molecular weight is 415 g/mol. The summed E-state index contributed by atoms with van der Waals surface area (Å²) < 4.78 is 5.99. The van der Waals surface area contributed by atoms with Crippen molar-refractivity contribution in [3.8, 4) is 11.5 Å². The number of nitrogens with one attached hydrogen (secondary N) is 1. The van der Waals surface area contributed by atoms with Gasteiger partial charge in [-0.1, -0.05) is 60.7 Å². The minimum Gasteiger partial charge on any atom is -0.457 e. The highest BCUT2D eigenvalue weighted by Crippen LogP contribution is 2.34. The lowest BCUT2D eigenvalue weighted by Gasteiger charge is -2.36. The van der Waals surface area contributed by atoms with Crippen LogP contribution in [0.5, 0.6) is 11.5 Å². The third-order valence-electron chi connectivity index (χ3n) is 5.20. The molecule has 0 aliphatic carbocycles. The number of hydrogen-bond donors (Lipinski definition) is 1. The molecule has 3 aromatic rings. The van der Waals surface area contributed by atoms with Crippen molar-refractivity contribution in [2.24, 2.45) is 0 Å². The molecule has 4 nitrogen and oxygen atoms in total. The topological polar surface area (TPSA) is 41.6 Å². The highest BCUT2D eigenvalue weighted by atomic mass is 32.1. The Balaban J connectivity index is 1.73. The molecular weight excluding hydrogens is 392 g/mol. The van der Waals surface area contributed by atoms with Crippen LogP contribution in [0.15, 0.2) is 96.2 Å². The summed E-state index contributed by atoms with van der Waals surface area (Å²) in [5.74, 6) is 1.44. The number of ketones is 1. The van der Waals surface area contributed by atoms with Crippen LogP contribution < -0.4 is 10.1 Å². The highest BCUT2D eigenvalue weighted by Gasteiger charge is 2.33. The molecule has 0 fully saturated rings. The maximum atomic E-state index is 13.4. The van der Waals surface area contributed by atoms with Gasteiger partial charge in [-0.2, -0.15) is 0 Å². The van der Waals surface area contributed by atoms with E-state index in [1.54, 1.807) is 0 Å². The van der Waals surface area contributed by atoms with Crippen molar-refractivity contribution >= 4 is 23.1 Å². The fourth-order valence-corrected chi connectivity index (χ4v) is 3.76. The number of benzene rings is 3. The first-order chi connectivity index (χ1) is 14.5. The molecule has 4 rings (SSSR count). The molecule has 1 heterocycles. The van der Waals surface area contributed by atoms with Crippen LogP contribution >= 0.6 is 12.2 Å². The second-order valence-electron chi connectivity index (χ2n) is 7.12. The van der Waals surface area contributed by atoms with E-state index in [1.807, 2.05) is 104 Å². The van der Waals surface area contributed by atoms with Gasteiger partial charge in [0, 0.05) is 23.9 Å². The Labute approximate surface area is 181 Å². The summed E-state index contributed by atoms with van der Waals surface area (Å²) in [6.45, 7) is 1.93. The number of thiocarbonyl (C=S) groups is 1. The van der Waals surface area contributed by atoms with Gasteiger partial charge in [-0.25, -0.2) is 0 Å². The normalized spacial score (nSPS) is 16.3. The third kappa shape index (κ3) is 3.98. The quantitative estimate of drug-likeness (QED) is 0.441. The minimum absolute atomic E-state index is 0.0191. The number of para-hydroxylation sites is 1. The van der Waals surface area contributed by atoms with E-state index in [4.69, 9.17) is 17.0 Å². The van der Waals surface area contributed by atoms with Crippen molar-refractivity contribution in [2.45, 2.75) is 13.0 Å². The van der Waals surface area contributed by atoms with Gasteiger partial charge in [0.1, 0.15) is 11.5 Å². The molecule has 150 valence electrons. The Bertz CT molecular complexity index is 1110. The van der Waals surface area contributed by atoms with E-state index in [9.17, 15) is 4.79 Å². The molecule has 0 saturated heterocycles. The predicted octanol–water partition coefficient (Wildman–Crippen LogP) is 5.50. The number of Topliss-reactive ketones (excluding diaryl/α,β-unsaturated/α-hetero) is 1. The summed E-state index contributed by atoms with van der Waals surface area (Å²) in [7, 11) is 1.87. The number of rotatable bonds is 5. The molecule has 0 aromatic heterocycles. The number of allylic oxidation sites excluding steroid dienone is 1. The fraction of sp³-hybridized carbons (Fsp3) is 0.120. The summed E-state index contributed by atoms with van der Waals surface area (Å²) in [5.41, 5.74) is 3.08. The number of carbonyl (C=O) groups excluding carboxylic acids is 1. The SMILES string of the molecule is CC1=C(C(=O)c2ccccc2)C(c2cccc(Oc3ccccc3)c2)NC(=S)N1C. The summed E-state index contributed by atoms with van der Waals surface area (Å²) in [6.07, 6.45) is 0. The van der Waals surface area contributed by atoms with Crippen molar-refractivity contribution < 1.29 is 9.53 Å². The number of ether oxygens (including phenoxy) is 1. The lowest BCUT2D eigenvalue weighted by Crippen LogP contribution is -2.45. The van der Waals surface area contributed by atoms with Crippen molar-refractivity contribution in [2.75, 3.05) is 7.05 Å². The van der Waals surface area contributed by atoms with Crippen LogP contribution in [0.2, 0.25) is 0 Å². The largest absolute Gasteiger partial charge is 0.457 e. The van der Waals surface area contributed by atoms with E-state index in [0.717, 1.165) is 17.0 Å². The Kier molecular flexibility index (Phi) is 5.63. The van der Waals surface area contributed by atoms with Crippen LogP contribution in [0, 0.1) is 0 Å². The fourth-order valence-electron chi connectivity index (χ4n) is 3.51. The molecule has 1 aliphatic rings. The predicted molar refractivity (Wildman–Crippen MR) is 123 cm³/mol. The van der Waals surface area contributed by atoms with Gasteiger partial charge < -0.3 is 15.0 Å². The molecule has 1 atom stereocenters. The second kappa shape index (κ2) is 8.51. The Morgan fingerprint density at radius 3 is 2.27 bits per heavy atom. The van der Waals surface area contributed by atoms with E-state index in [1.165, 1.54) is 0 Å². The first-order valence-electron chi connectivity index (χ1n) is 9.72. The first kappa shape index (κ1) is 19.9. The highest BCUT2D eigenvalue weighted by molar-refractivity contribution is 7.80. The van der Waals surface area contributed by atoms with Gasteiger partial charge in [0.15, 0.2) is 10.9 Å². The van der Waals surface area contributed by atoms with Gasteiger partial charge >= 0.3 is 0 Å². The smallest absolute Gasteiger partial charge is 0.193 e. The molecule has 0 saturated carbocycles. The van der Waals surface area contributed by atoms with Crippen molar-refractivity contribution in [1.29, 1.82) is 0 Å². The van der Waals surface area contributed by atoms with Crippen molar-refractivity contribution in [3.63, 3.8) is 0 Å². The van der Waals surface area contributed by atoms with E-state index in [0.29, 0.717) is 22.0 Å². The summed E-state index contributed by atoms with van der Waals surface area (Å²) >= 11 is 5.51. The standard InChI is InChI=1S/C25H22N2O2S/c1-17-22(24(28)18-10-5-3-6-11-18)23(26-25(30)27(17)2)19-12-9-15-21(16-19)29-20-13-7-4-8-14-20/h3-16,23H,1-2H3,(H,26,30). The molecule has 0 spiro atoms. The Morgan fingerprint density at radius 2 is 1.57 bits per heavy atom. The van der Waals surface area contributed by atoms with E-state index < -0.39 is 0 Å². The monoisotopic (exact) mass is 414 g/mol. The molecule has 0 radical (unpaired) electrons. The zero-order chi connectivity index (χ0) is 21.1. The van der Waals surface area contributed by atoms with Gasteiger partial charge in [-0.15, -0.1) is 0 Å². The van der Waals surface area contributed by atoms with Crippen LogP contribution in [0.25, 0.3) is 0 Å². The average Bonchev–Trinajstić information content (AvgIpc) is 2.78. The van der Waals surface area contributed by atoms with Gasteiger partial charge in [-0.05, 0) is 49.0 Å². The molecule has 1 unspecified atom stereocenters.